The summed E-state index contributed by atoms with van der Waals surface area (Å²) in [6, 6.07) is 15.8. The van der Waals surface area contributed by atoms with E-state index in [1.165, 1.54) is 5.56 Å². The summed E-state index contributed by atoms with van der Waals surface area (Å²) in [6.45, 7) is 3.75. The van der Waals surface area contributed by atoms with Crippen LogP contribution in [-0.4, -0.2) is 31.6 Å². The molecule has 3 N–H and O–H groups in total. The third kappa shape index (κ3) is 4.44. The minimum absolute atomic E-state index is 0.0236. The summed E-state index contributed by atoms with van der Waals surface area (Å²) in [5, 5.41) is 3.01. The molecule has 1 aliphatic rings. The molecule has 132 valence electrons. The number of fused-ring (bicyclic) bond motifs is 1. The molecule has 0 aliphatic carbocycles. The molecule has 2 aromatic rings. The third-order valence-corrected chi connectivity index (χ3v) is 4.41. The third-order valence-electron chi connectivity index (χ3n) is 4.41. The average molecular weight is 339 g/mol. The summed E-state index contributed by atoms with van der Waals surface area (Å²) in [6.07, 6.45) is 1.80. The van der Waals surface area contributed by atoms with Crippen LogP contribution in [0.15, 0.2) is 48.5 Å². The van der Waals surface area contributed by atoms with E-state index in [2.05, 4.69) is 29.3 Å². The van der Waals surface area contributed by atoms with Crippen LogP contribution in [0.1, 0.15) is 18.9 Å². The summed E-state index contributed by atoms with van der Waals surface area (Å²) < 4.78 is 5.96. The fourth-order valence-electron chi connectivity index (χ4n) is 3.03. The Morgan fingerprint density at radius 2 is 2.08 bits per heavy atom. The van der Waals surface area contributed by atoms with Crippen LogP contribution in [0.5, 0.6) is 5.75 Å². The molecule has 25 heavy (non-hydrogen) atoms. The molecule has 0 bridgehead atoms. The highest BCUT2D eigenvalue weighted by Gasteiger charge is 2.26. The van der Waals surface area contributed by atoms with E-state index in [1.54, 1.807) is 0 Å². The molecule has 5 nitrogen and oxygen atoms in total. The van der Waals surface area contributed by atoms with Gasteiger partial charge < -0.3 is 20.7 Å². The minimum atomic E-state index is 0.0236. The van der Waals surface area contributed by atoms with Crippen LogP contribution < -0.4 is 20.7 Å². The second-order valence-electron chi connectivity index (χ2n) is 6.34. The van der Waals surface area contributed by atoms with E-state index in [0.717, 1.165) is 24.3 Å². The molecule has 0 aromatic heterocycles. The van der Waals surface area contributed by atoms with Crippen LogP contribution in [0, 0.1) is 0 Å². The standard InChI is InChI=1S/C20H25N3O2/c1-2-17-13-23(18-9-8-16(21)12-19(18)25-17)14-20(24)22-11-10-15-6-4-3-5-7-15/h3-9,12,17H,2,10-11,13-14,21H2,1H3,(H,22,24). The molecule has 1 amide bonds. The van der Waals surface area contributed by atoms with Gasteiger partial charge in [0.05, 0.1) is 18.8 Å². The molecule has 0 fully saturated rings. The van der Waals surface area contributed by atoms with Crippen molar-refractivity contribution in [1.82, 2.24) is 5.32 Å². The lowest BCUT2D eigenvalue weighted by Crippen LogP contribution is -2.45. The van der Waals surface area contributed by atoms with Gasteiger partial charge in [0, 0.05) is 18.3 Å². The number of nitrogen functional groups attached to an aromatic ring is 1. The second kappa shape index (κ2) is 7.92. The Kier molecular flexibility index (Phi) is 5.43. The predicted molar refractivity (Wildman–Crippen MR) is 101 cm³/mol. The maximum atomic E-state index is 12.4. The number of ether oxygens (including phenoxy) is 1. The highest BCUT2D eigenvalue weighted by molar-refractivity contribution is 5.82. The zero-order valence-electron chi connectivity index (χ0n) is 14.6. The van der Waals surface area contributed by atoms with Crippen molar-refractivity contribution in [3.63, 3.8) is 0 Å². The quantitative estimate of drug-likeness (QED) is 0.794. The molecule has 0 radical (unpaired) electrons. The van der Waals surface area contributed by atoms with Gasteiger partial charge in [-0.3, -0.25) is 4.79 Å². The van der Waals surface area contributed by atoms with E-state index in [9.17, 15) is 4.79 Å². The average Bonchev–Trinajstić information content (AvgIpc) is 2.62. The Morgan fingerprint density at radius 1 is 1.28 bits per heavy atom. The largest absolute Gasteiger partial charge is 0.486 e. The van der Waals surface area contributed by atoms with Crippen molar-refractivity contribution in [1.29, 1.82) is 0 Å². The van der Waals surface area contributed by atoms with Gasteiger partial charge in [0.2, 0.25) is 5.91 Å². The van der Waals surface area contributed by atoms with Crippen LogP contribution in [-0.2, 0) is 11.2 Å². The Balaban J connectivity index is 1.58. The monoisotopic (exact) mass is 339 g/mol. The molecule has 1 heterocycles. The van der Waals surface area contributed by atoms with Gasteiger partial charge in [0.25, 0.3) is 0 Å². The fourth-order valence-corrected chi connectivity index (χ4v) is 3.03. The highest BCUT2D eigenvalue weighted by Crippen LogP contribution is 2.35. The predicted octanol–water partition coefficient (Wildman–Crippen LogP) is 2.61. The number of nitrogens with two attached hydrogens (primary N) is 1. The first-order chi connectivity index (χ1) is 12.2. The van der Waals surface area contributed by atoms with Crippen molar-refractivity contribution >= 4 is 17.3 Å². The Hall–Kier alpha value is -2.69. The zero-order chi connectivity index (χ0) is 17.6. The Bertz CT molecular complexity index is 718. The van der Waals surface area contributed by atoms with Gasteiger partial charge in [-0.1, -0.05) is 37.3 Å². The summed E-state index contributed by atoms with van der Waals surface area (Å²) >= 11 is 0. The Labute approximate surface area is 148 Å². The number of nitrogens with zero attached hydrogens (tertiary/aromatic N) is 1. The molecule has 2 aromatic carbocycles. The van der Waals surface area contributed by atoms with Gasteiger partial charge in [0.15, 0.2) is 0 Å². The fraction of sp³-hybridized carbons (Fsp3) is 0.350. The molecule has 5 heteroatoms. The van der Waals surface area contributed by atoms with Crippen molar-refractivity contribution < 1.29 is 9.53 Å². The van der Waals surface area contributed by atoms with Gasteiger partial charge in [0.1, 0.15) is 11.9 Å². The van der Waals surface area contributed by atoms with Gasteiger partial charge >= 0.3 is 0 Å². The summed E-state index contributed by atoms with van der Waals surface area (Å²) in [5.74, 6) is 0.783. The smallest absolute Gasteiger partial charge is 0.239 e. The maximum absolute atomic E-state index is 12.4. The lowest BCUT2D eigenvalue weighted by atomic mass is 10.1. The minimum Gasteiger partial charge on any atom is -0.486 e. The van der Waals surface area contributed by atoms with Crippen molar-refractivity contribution in [2.75, 3.05) is 30.3 Å². The topological polar surface area (TPSA) is 67.6 Å². The number of carbonyl (C=O) groups is 1. The highest BCUT2D eigenvalue weighted by atomic mass is 16.5. The first kappa shape index (κ1) is 17.1. The molecule has 3 rings (SSSR count). The van der Waals surface area contributed by atoms with E-state index in [1.807, 2.05) is 36.4 Å². The van der Waals surface area contributed by atoms with Crippen molar-refractivity contribution in [2.45, 2.75) is 25.9 Å². The second-order valence-corrected chi connectivity index (χ2v) is 6.34. The first-order valence-corrected chi connectivity index (χ1v) is 8.77. The molecular weight excluding hydrogens is 314 g/mol. The van der Waals surface area contributed by atoms with E-state index >= 15 is 0 Å². The normalized spacial score (nSPS) is 16.0. The number of carbonyl (C=O) groups excluding carboxylic acids is 1. The lowest BCUT2D eigenvalue weighted by Gasteiger charge is -2.35. The van der Waals surface area contributed by atoms with Gasteiger partial charge in [-0.05, 0) is 30.5 Å². The van der Waals surface area contributed by atoms with Gasteiger partial charge in [-0.2, -0.15) is 0 Å². The van der Waals surface area contributed by atoms with Crippen molar-refractivity contribution in [2.24, 2.45) is 0 Å². The number of benzene rings is 2. The van der Waals surface area contributed by atoms with Gasteiger partial charge in [-0.25, -0.2) is 0 Å². The van der Waals surface area contributed by atoms with Crippen LogP contribution in [0.2, 0.25) is 0 Å². The number of amides is 1. The van der Waals surface area contributed by atoms with Crippen LogP contribution in [0.4, 0.5) is 11.4 Å². The molecule has 0 saturated carbocycles. The van der Waals surface area contributed by atoms with E-state index in [4.69, 9.17) is 10.5 Å². The summed E-state index contributed by atoms with van der Waals surface area (Å²) in [4.78, 5) is 14.4. The van der Waals surface area contributed by atoms with E-state index in [0.29, 0.717) is 25.3 Å². The van der Waals surface area contributed by atoms with Crippen LogP contribution in [0.3, 0.4) is 0 Å². The SMILES string of the molecule is CCC1CN(CC(=O)NCCc2ccccc2)c2ccc(N)cc2O1. The molecule has 1 aliphatic heterocycles. The van der Waals surface area contributed by atoms with Gasteiger partial charge in [-0.15, -0.1) is 0 Å². The van der Waals surface area contributed by atoms with E-state index in [-0.39, 0.29) is 12.0 Å². The van der Waals surface area contributed by atoms with E-state index < -0.39 is 0 Å². The zero-order valence-corrected chi connectivity index (χ0v) is 14.6. The number of anilines is 2. The number of hydrogen-bond acceptors (Lipinski definition) is 4. The van der Waals surface area contributed by atoms with Crippen LogP contribution >= 0.6 is 0 Å². The summed E-state index contributed by atoms with van der Waals surface area (Å²) in [5.41, 5.74) is 8.68. The molecule has 1 atom stereocenters. The lowest BCUT2D eigenvalue weighted by molar-refractivity contribution is -0.119. The molecule has 0 saturated heterocycles. The molecule has 0 spiro atoms. The first-order valence-electron chi connectivity index (χ1n) is 8.77. The van der Waals surface area contributed by atoms with Crippen molar-refractivity contribution in [3.05, 3.63) is 54.1 Å². The van der Waals surface area contributed by atoms with Crippen molar-refractivity contribution in [3.8, 4) is 5.75 Å². The Morgan fingerprint density at radius 3 is 2.84 bits per heavy atom. The number of rotatable bonds is 6. The summed E-state index contributed by atoms with van der Waals surface area (Å²) in [7, 11) is 0. The number of nitrogens with one attached hydrogen (secondary N) is 1. The molecular formula is C20H25N3O2. The maximum Gasteiger partial charge on any atom is 0.239 e. The number of hydrogen-bond donors (Lipinski definition) is 2. The van der Waals surface area contributed by atoms with Crippen LogP contribution in [0.25, 0.3) is 0 Å². The molecule has 1 unspecified atom stereocenters.